The summed E-state index contributed by atoms with van der Waals surface area (Å²) in [5, 5.41) is 0. The summed E-state index contributed by atoms with van der Waals surface area (Å²) in [6.07, 6.45) is 5.30. The van der Waals surface area contributed by atoms with E-state index in [4.69, 9.17) is 16.3 Å². The number of benzene rings is 2. The van der Waals surface area contributed by atoms with Crippen molar-refractivity contribution in [1.82, 2.24) is 0 Å². The van der Waals surface area contributed by atoms with Gasteiger partial charge in [-0.3, -0.25) is 0 Å². The molecule has 0 unspecified atom stereocenters. The second kappa shape index (κ2) is 8.60. The van der Waals surface area contributed by atoms with Gasteiger partial charge in [0.1, 0.15) is 17.3 Å². The van der Waals surface area contributed by atoms with E-state index in [2.05, 4.69) is 25.1 Å². The first-order valence-electron chi connectivity index (χ1n) is 7.48. The van der Waals surface area contributed by atoms with Crippen molar-refractivity contribution in [1.29, 1.82) is 0 Å². The summed E-state index contributed by atoms with van der Waals surface area (Å²) in [7, 11) is 0. The third-order valence-corrected chi connectivity index (χ3v) is 3.72. The van der Waals surface area contributed by atoms with Crippen LogP contribution in [-0.4, -0.2) is 5.88 Å². The average Bonchev–Trinajstić information content (AvgIpc) is 2.55. The first-order chi connectivity index (χ1) is 10.7. The summed E-state index contributed by atoms with van der Waals surface area (Å²) in [4.78, 5) is 0. The van der Waals surface area contributed by atoms with Gasteiger partial charge in [-0.05, 0) is 73.7 Å². The van der Waals surface area contributed by atoms with Gasteiger partial charge in [-0.1, -0.05) is 18.2 Å². The molecule has 22 heavy (non-hydrogen) atoms. The zero-order valence-corrected chi connectivity index (χ0v) is 13.4. The van der Waals surface area contributed by atoms with Gasteiger partial charge in [0.25, 0.3) is 0 Å². The van der Waals surface area contributed by atoms with Crippen LogP contribution in [0.5, 0.6) is 11.5 Å². The number of halogens is 2. The molecule has 0 spiro atoms. The van der Waals surface area contributed by atoms with Crippen molar-refractivity contribution < 1.29 is 9.13 Å². The molecular weight excluding hydrogens is 299 g/mol. The molecule has 1 nitrogen and oxygen atoms in total. The molecule has 116 valence electrons. The molecule has 0 saturated heterocycles. The van der Waals surface area contributed by atoms with Crippen LogP contribution in [0.1, 0.15) is 31.7 Å². The van der Waals surface area contributed by atoms with Gasteiger partial charge < -0.3 is 4.74 Å². The standard InChI is InChI=1S/C19H20ClFO/c1-2-15(5-3-4-14-20)16-6-10-18(11-7-16)22-19-12-8-17(21)9-13-19/h2,6-13H,3-5,14H2,1H3. The van der Waals surface area contributed by atoms with Gasteiger partial charge in [-0.15, -0.1) is 11.6 Å². The number of hydrogen-bond donors (Lipinski definition) is 0. The van der Waals surface area contributed by atoms with Crippen LogP contribution in [0.25, 0.3) is 5.57 Å². The monoisotopic (exact) mass is 318 g/mol. The van der Waals surface area contributed by atoms with Crippen molar-refractivity contribution >= 4 is 17.2 Å². The van der Waals surface area contributed by atoms with Gasteiger partial charge in [0.15, 0.2) is 0 Å². The maximum Gasteiger partial charge on any atom is 0.127 e. The molecule has 0 aromatic heterocycles. The van der Waals surface area contributed by atoms with Crippen LogP contribution < -0.4 is 4.74 Å². The second-order valence-electron chi connectivity index (χ2n) is 5.04. The van der Waals surface area contributed by atoms with E-state index < -0.39 is 0 Å². The maximum absolute atomic E-state index is 12.9. The Balaban J connectivity index is 2.01. The lowest BCUT2D eigenvalue weighted by molar-refractivity contribution is 0.480. The Bertz CT molecular complexity index is 602. The zero-order chi connectivity index (χ0) is 15.8. The largest absolute Gasteiger partial charge is 0.457 e. The Hall–Kier alpha value is -1.80. The molecule has 0 aliphatic carbocycles. The molecule has 0 heterocycles. The highest BCUT2D eigenvalue weighted by molar-refractivity contribution is 6.17. The second-order valence-corrected chi connectivity index (χ2v) is 5.42. The van der Waals surface area contributed by atoms with E-state index in [9.17, 15) is 4.39 Å². The van der Waals surface area contributed by atoms with E-state index in [1.54, 1.807) is 12.1 Å². The fourth-order valence-electron chi connectivity index (χ4n) is 2.24. The molecule has 0 aliphatic heterocycles. The lowest BCUT2D eigenvalue weighted by Gasteiger charge is -2.09. The molecule has 0 radical (unpaired) electrons. The van der Waals surface area contributed by atoms with Crippen LogP contribution in [0.4, 0.5) is 4.39 Å². The number of rotatable bonds is 7. The van der Waals surface area contributed by atoms with E-state index in [1.807, 2.05) is 12.1 Å². The van der Waals surface area contributed by atoms with Gasteiger partial charge >= 0.3 is 0 Å². The summed E-state index contributed by atoms with van der Waals surface area (Å²) in [6.45, 7) is 2.05. The van der Waals surface area contributed by atoms with Crippen molar-refractivity contribution in [2.75, 3.05) is 5.88 Å². The fraction of sp³-hybridized carbons (Fsp3) is 0.263. The van der Waals surface area contributed by atoms with E-state index in [1.165, 1.54) is 23.3 Å². The Kier molecular flexibility index (Phi) is 6.47. The smallest absolute Gasteiger partial charge is 0.127 e. The van der Waals surface area contributed by atoms with Crippen LogP contribution in [0.2, 0.25) is 0 Å². The minimum atomic E-state index is -0.266. The third-order valence-electron chi connectivity index (χ3n) is 3.45. The van der Waals surface area contributed by atoms with Crippen LogP contribution >= 0.6 is 11.6 Å². The van der Waals surface area contributed by atoms with Gasteiger partial charge in [-0.2, -0.15) is 0 Å². The zero-order valence-electron chi connectivity index (χ0n) is 12.7. The molecule has 0 fully saturated rings. The van der Waals surface area contributed by atoms with Crippen molar-refractivity contribution in [3.8, 4) is 11.5 Å². The minimum Gasteiger partial charge on any atom is -0.457 e. The van der Waals surface area contributed by atoms with Crippen molar-refractivity contribution in [2.24, 2.45) is 0 Å². The Morgan fingerprint density at radius 2 is 1.59 bits per heavy atom. The number of unbranched alkanes of at least 4 members (excludes halogenated alkanes) is 1. The highest BCUT2D eigenvalue weighted by atomic mass is 35.5. The predicted octanol–water partition coefficient (Wildman–Crippen LogP) is 6.43. The number of allylic oxidation sites excluding steroid dienone is 2. The number of alkyl halides is 1. The van der Waals surface area contributed by atoms with Gasteiger partial charge in [0, 0.05) is 5.88 Å². The molecule has 0 N–H and O–H groups in total. The molecular formula is C19H20ClFO. The minimum absolute atomic E-state index is 0.266. The summed E-state index contributed by atoms with van der Waals surface area (Å²) in [5.41, 5.74) is 2.52. The first kappa shape index (κ1) is 16.6. The van der Waals surface area contributed by atoms with E-state index in [-0.39, 0.29) is 5.82 Å². The highest BCUT2D eigenvalue weighted by Crippen LogP contribution is 2.26. The average molecular weight is 319 g/mol. The van der Waals surface area contributed by atoms with Gasteiger partial charge in [0.05, 0.1) is 0 Å². The molecule has 0 atom stereocenters. The SMILES string of the molecule is CC=C(CCCCCl)c1ccc(Oc2ccc(F)cc2)cc1. The maximum atomic E-state index is 12.9. The van der Waals surface area contributed by atoms with Crippen LogP contribution in [0, 0.1) is 5.82 Å². The van der Waals surface area contributed by atoms with E-state index in [0.717, 1.165) is 25.0 Å². The van der Waals surface area contributed by atoms with Crippen LogP contribution in [-0.2, 0) is 0 Å². The lowest BCUT2D eigenvalue weighted by Crippen LogP contribution is -1.88. The van der Waals surface area contributed by atoms with Gasteiger partial charge in [-0.25, -0.2) is 4.39 Å². The Morgan fingerprint density at radius 1 is 1.00 bits per heavy atom. The summed E-state index contributed by atoms with van der Waals surface area (Å²) in [5.74, 6) is 1.81. The normalized spacial score (nSPS) is 11.5. The lowest BCUT2D eigenvalue weighted by atomic mass is 10.0. The summed E-state index contributed by atoms with van der Waals surface area (Å²) >= 11 is 5.72. The third kappa shape index (κ3) is 4.88. The summed E-state index contributed by atoms with van der Waals surface area (Å²) in [6, 6.07) is 14.0. The van der Waals surface area contributed by atoms with E-state index >= 15 is 0 Å². The number of ether oxygens (including phenoxy) is 1. The molecule has 2 aromatic rings. The van der Waals surface area contributed by atoms with Gasteiger partial charge in [0.2, 0.25) is 0 Å². The summed E-state index contributed by atoms with van der Waals surface area (Å²) < 4.78 is 18.6. The number of hydrogen-bond acceptors (Lipinski definition) is 1. The van der Waals surface area contributed by atoms with Crippen LogP contribution in [0.15, 0.2) is 54.6 Å². The molecule has 2 aromatic carbocycles. The topological polar surface area (TPSA) is 9.23 Å². The molecule has 0 saturated carbocycles. The highest BCUT2D eigenvalue weighted by Gasteiger charge is 2.03. The molecule has 2 rings (SSSR count). The van der Waals surface area contributed by atoms with Crippen molar-refractivity contribution in [2.45, 2.75) is 26.2 Å². The van der Waals surface area contributed by atoms with Crippen molar-refractivity contribution in [3.05, 3.63) is 66.0 Å². The van der Waals surface area contributed by atoms with E-state index in [0.29, 0.717) is 11.6 Å². The Morgan fingerprint density at radius 3 is 2.14 bits per heavy atom. The Labute approximate surface area is 136 Å². The molecule has 0 aliphatic rings. The first-order valence-corrected chi connectivity index (χ1v) is 8.01. The quantitative estimate of drug-likeness (QED) is 0.422. The fourth-order valence-corrected chi connectivity index (χ4v) is 2.43. The van der Waals surface area contributed by atoms with Crippen LogP contribution in [0.3, 0.4) is 0 Å². The molecule has 0 amide bonds. The molecule has 3 heteroatoms. The van der Waals surface area contributed by atoms with Crippen molar-refractivity contribution in [3.63, 3.8) is 0 Å². The molecule has 0 bridgehead atoms. The predicted molar refractivity (Wildman–Crippen MR) is 91.1 cm³/mol.